The van der Waals surface area contributed by atoms with Crippen molar-refractivity contribution < 1.29 is 18.0 Å². The summed E-state index contributed by atoms with van der Waals surface area (Å²) < 4.78 is 24.7. The molecule has 0 saturated carbocycles. The van der Waals surface area contributed by atoms with Gasteiger partial charge in [-0.2, -0.15) is 4.31 Å². The molecule has 0 aliphatic rings. The van der Waals surface area contributed by atoms with E-state index < -0.39 is 39.8 Å². The Bertz CT molecular complexity index is 643. The molecule has 0 unspecified atom stereocenters. The van der Waals surface area contributed by atoms with E-state index in [9.17, 15) is 22.8 Å². The van der Waals surface area contributed by atoms with E-state index in [-0.39, 0.29) is 9.90 Å². The number of carbonyl (C=O) groups excluding carboxylic acids is 2. The summed E-state index contributed by atoms with van der Waals surface area (Å²) in [7, 11) is -4.18. The number of hydrogen-bond acceptors (Lipinski definition) is 6. The number of primary amides is 2. The molecular formula is C8H12N4O5S2. The smallest absolute Gasteiger partial charge is 0.305 e. The lowest BCUT2D eigenvalue weighted by Crippen LogP contribution is -2.43. The van der Waals surface area contributed by atoms with Crippen LogP contribution in [0, 0.1) is 6.92 Å². The monoisotopic (exact) mass is 308 g/mol. The Hall–Kier alpha value is -1.72. The molecule has 5 N–H and O–H groups in total. The van der Waals surface area contributed by atoms with Crippen molar-refractivity contribution in [2.45, 2.75) is 11.1 Å². The molecule has 1 aromatic heterocycles. The zero-order valence-corrected chi connectivity index (χ0v) is 11.5. The van der Waals surface area contributed by atoms with Gasteiger partial charge in [-0.3, -0.25) is 14.4 Å². The minimum absolute atomic E-state index is 0.119. The van der Waals surface area contributed by atoms with Gasteiger partial charge >= 0.3 is 4.87 Å². The number of nitrogens with one attached hydrogen (secondary N) is 1. The van der Waals surface area contributed by atoms with Crippen molar-refractivity contribution in [2.24, 2.45) is 11.5 Å². The Labute approximate surface area is 112 Å². The van der Waals surface area contributed by atoms with Crippen LogP contribution in [0.25, 0.3) is 0 Å². The first kappa shape index (κ1) is 15.3. The van der Waals surface area contributed by atoms with Crippen LogP contribution in [0.2, 0.25) is 0 Å². The highest BCUT2D eigenvalue weighted by atomic mass is 32.2. The van der Waals surface area contributed by atoms with Crippen LogP contribution in [0.5, 0.6) is 0 Å². The van der Waals surface area contributed by atoms with Gasteiger partial charge in [0.1, 0.15) is 0 Å². The second-order valence-corrected chi connectivity index (χ2v) is 6.75. The maximum Gasteiger partial charge on any atom is 0.305 e. The maximum absolute atomic E-state index is 12.2. The normalized spacial score (nSPS) is 11.7. The molecule has 0 aliphatic carbocycles. The van der Waals surface area contributed by atoms with Crippen molar-refractivity contribution in [3.8, 4) is 0 Å². The molecule has 2 amide bonds. The molecule has 106 valence electrons. The molecule has 0 atom stereocenters. The first-order valence-corrected chi connectivity index (χ1v) is 7.16. The lowest BCUT2D eigenvalue weighted by Gasteiger charge is -2.18. The molecule has 0 aliphatic heterocycles. The van der Waals surface area contributed by atoms with Gasteiger partial charge in [-0.1, -0.05) is 11.3 Å². The molecule has 11 heteroatoms. The van der Waals surface area contributed by atoms with Crippen LogP contribution in [0.4, 0.5) is 0 Å². The molecule has 1 aromatic rings. The highest BCUT2D eigenvalue weighted by Gasteiger charge is 2.30. The van der Waals surface area contributed by atoms with E-state index in [1.807, 2.05) is 0 Å². The number of hydrogen-bond donors (Lipinski definition) is 3. The standard InChI is InChI=1S/C8H12N4O5S2/c1-4-7(18-8(15)11-4)19(16,17)12(2-5(9)13)3-6(10)14/h2-3H2,1H3,(H2,9,13)(H2,10,14)(H,11,15). The number of amides is 2. The van der Waals surface area contributed by atoms with Crippen LogP contribution in [-0.4, -0.2) is 42.6 Å². The molecule has 0 fully saturated rings. The molecule has 0 aromatic carbocycles. The Morgan fingerprint density at radius 2 is 1.74 bits per heavy atom. The average molecular weight is 308 g/mol. The third-order valence-electron chi connectivity index (χ3n) is 2.02. The van der Waals surface area contributed by atoms with Crippen molar-refractivity contribution in [3.63, 3.8) is 0 Å². The highest BCUT2D eigenvalue weighted by molar-refractivity contribution is 7.91. The van der Waals surface area contributed by atoms with Crippen molar-refractivity contribution in [3.05, 3.63) is 15.4 Å². The van der Waals surface area contributed by atoms with E-state index in [4.69, 9.17) is 11.5 Å². The molecule has 0 saturated heterocycles. The predicted molar refractivity (Wildman–Crippen MR) is 66.8 cm³/mol. The van der Waals surface area contributed by atoms with Gasteiger partial charge in [-0.05, 0) is 6.92 Å². The summed E-state index contributed by atoms with van der Waals surface area (Å²) in [5.41, 5.74) is 9.97. The van der Waals surface area contributed by atoms with E-state index in [0.717, 1.165) is 0 Å². The number of aryl methyl sites for hydroxylation is 1. The summed E-state index contributed by atoms with van der Waals surface area (Å²) in [4.78, 5) is 34.6. The molecule has 0 bridgehead atoms. The van der Waals surface area contributed by atoms with Crippen LogP contribution < -0.4 is 16.3 Å². The molecule has 1 rings (SSSR count). The number of carbonyl (C=O) groups is 2. The summed E-state index contributed by atoms with van der Waals surface area (Å²) in [6.45, 7) is -0.00882. The topological polar surface area (TPSA) is 156 Å². The van der Waals surface area contributed by atoms with E-state index >= 15 is 0 Å². The molecule has 19 heavy (non-hydrogen) atoms. The predicted octanol–water partition coefficient (Wildman–Crippen LogP) is -2.29. The lowest BCUT2D eigenvalue weighted by molar-refractivity contribution is -0.120. The molecule has 1 heterocycles. The van der Waals surface area contributed by atoms with Gasteiger partial charge < -0.3 is 16.5 Å². The number of aromatic nitrogens is 1. The SMILES string of the molecule is Cc1[nH]c(=O)sc1S(=O)(=O)N(CC(N)=O)CC(N)=O. The van der Waals surface area contributed by atoms with Crippen molar-refractivity contribution >= 4 is 33.2 Å². The van der Waals surface area contributed by atoms with Gasteiger partial charge in [0, 0.05) is 5.69 Å². The zero-order chi connectivity index (χ0) is 14.8. The maximum atomic E-state index is 12.2. The number of nitrogens with two attached hydrogens (primary N) is 2. The van der Waals surface area contributed by atoms with Crippen LogP contribution in [0.3, 0.4) is 0 Å². The third-order valence-corrected chi connectivity index (χ3v) is 5.39. The lowest BCUT2D eigenvalue weighted by atomic mass is 10.5. The minimum atomic E-state index is -4.18. The number of nitrogens with zero attached hydrogens (tertiary/aromatic N) is 1. The second-order valence-electron chi connectivity index (χ2n) is 3.63. The molecule has 9 nitrogen and oxygen atoms in total. The van der Waals surface area contributed by atoms with E-state index in [1.165, 1.54) is 6.92 Å². The zero-order valence-electron chi connectivity index (χ0n) is 9.87. The van der Waals surface area contributed by atoms with Gasteiger partial charge in [-0.15, -0.1) is 0 Å². The van der Waals surface area contributed by atoms with Crippen LogP contribution in [0.15, 0.2) is 9.00 Å². The van der Waals surface area contributed by atoms with Gasteiger partial charge in [0.15, 0.2) is 4.21 Å². The summed E-state index contributed by atoms with van der Waals surface area (Å²) in [5, 5.41) is 0. The largest absolute Gasteiger partial charge is 0.369 e. The summed E-state index contributed by atoms with van der Waals surface area (Å²) in [6.07, 6.45) is 0. The van der Waals surface area contributed by atoms with Gasteiger partial charge in [0.2, 0.25) is 11.8 Å². The third kappa shape index (κ3) is 3.62. The number of thiazole rings is 1. The Balaban J connectivity index is 3.26. The van der Waals surface area contributed by atoms with Gasteiger partial charge in [0.05, 0.1) is 13.1 Å². The average Bonchev–Trinajstić information content (AvgIpc) is 2.56. The van der Waals surface area contributed by atoms with Crippen LogP contribution >= 0.6 is 11.3 Å². The summed E-state index contributed by atoms with van der Waals surface area (Å²) in [6, 6.07) is 0. The Morgan fingerprint density at radius 1 is 1.26 bits per heavy atom. The fraction of sp³-hybridized carbons (Fsp3) is 0.375. The molecular weight excluding hydrogens is 296 g/mol. The highest BCUT2D eigenvalue weighted by Crippen LogP contribution is 2.20. The fourth-order valence-electron chi connectivity index (χ4n) is 1.33. The summed E-state index contributed by atoms with van der Waals surface area (Å²) >= 11 is 0.459. The Kier molecular flexibility index (Phi) is 4.44. The quantitative estimate of drug-likeness (QED) is 0.539. The first-order valence-electron chi connectivity index (χ1n) is 4.91. The number of aromatic amines is 1. The molecule has 0 radical (unpaired) electrons. The van der Waals surface area contributed by atoms with Crippen LogP contribution in [-0.2, 0) is 19.6 Å². The summed E-state index contributed by atoms with van der Waals surface area (Å²) in [5.74, 6) is -1.88. The fourth-order valence-corrected chi connectivity index (χ4v) is 4.14. The Morgan fingerprint density at radius 3 is 2.05 bits per heavy atom. The van der Waals surface area contributed by atoms with Crippen molar-refractivity contribution in [1.29, 1.82) is 0 Å². The van der Waals surface area contributed by atoms with E-state index in [0.29, 0.717) is 15.6 Å². The van der Waals surface area contributed by atoms with Crippen molar-refractivity contribution in [1.82, 2.24) is 9.29 Å². The number of rotatable bonds is 6. The molecule has 0 spiro atoms. The van der Waals surface area contributed by atoms with Gasteiger partial charge in [0.25, 0.3) is 10.0 Å². The van der Waals surface area contributed by atoms with Crippen LogP contribution in [0.1, 0.15) is 5.69 Å². The van der Waals surface area contributed by atoms with E-state index in [1.54, 1.807) is 0 Å². The van der Waals surface area contributed by atoms with Gasteiger partial charge in [-0.25, -0.2) is 8.42 Å². The van der Waals surface area contributed by atoms with Crippen molar-refractivity contribution in [2.75, 3.05) is 13.1 Å². The number of sulfonamides is 1. The minimum Gasteiger partial charge on any atom is -0.369 e. The number of H-pyrrole nitrogens is 1. The first-order chi connectivity index (χ1) is 8.64. The van der Waals surface area contributed by atoms with E-state index in [2.05, 4.69) is 4.98 Å². The second kappa shape index (κ2) is 5.50.